The van der Waals surface area contributed by atoms with E-state index in [4.69, 9.17) is 5.11 Å². The summed E-state index contributed by atoms with van der Waals surface area (Å²) in [5.74, 6) is 0. The van der Waals surface area contributed by atoms with E-state index in [2.05, 4.69) is 0 Å². The van der Waals surface area contributed by atoms with Crippen molar-refractivity contribution in [2.45, 2.75) is 18.7 Å². The SMILES string of the molecule is Cn1cccc1CC(O)C(F)(F)F. The van der Waals surface area contributed by atoms with Crippen LogP contribution in [0.2, 0.25) is 0 Å². The Balaban J connectivity index is 2.65. The van der Waals surface area contributed by atoms with Crippen molar-refractivity contribution in [3.8, 4) is 0 Å². The quantitative estimate of drug-likeness (QED) is 0.756. The van der Waals surface area contributed by atoms with Gasteiger partial charge in [-0.25, -0.2) is 0 Å². The van der Waals surface area contributed by atoms with E-state index in [1.807, 2.05) is 0 Å². The van der Waals surface area contributed by atoms with Crippen LogP contribution in [0.1, 0.15) is 5.69 Å². The molecule has 0 spiro atoms. The number of aliphatic hydroxyl groups is 1. The largest absolute Gasteiger partial charge is 0.414 e. The van der Waals surface area contributed by atoms with Crippen molar-refractivity contribution in [2.24, 2.45) is 7.05 Å². The van der Waals surface area contributed by atoms with Crippen LogP contribution in [-0.4, -0.2) is 22.0 Å². The van der Waals surface area contributed by atoms with Gasteiger partial charge in [0, 0.05) is 25.4 Å². The summed E-state index contributed by atoms with van der Waals surface area (Å²) < 4.78 is 37.3. The third-order valence-corrected chi connectivity index (χ3v) is 1.83. The molecule has 0 amide bonds. The molecule has 0 aromatic carbocycles. The highest BCUT2D eigenvalue weighted by Crippen LogP contribution is 2.22. The smallest absolute Gasteiger partial charge is 0.383 e. The number of aliphatic hydroxyl groups excluding tert-OH is 1. The second kappa shape index (κ2) is 3.41. The normalized spacial score (nSPS) is 14.5. The standard InChI is InChI=1S/C8H10F3NO/c1-12-4-2-3-6(12)5-7(13)8(9,10)11/h2-4,7,13H,5H2,1H3. The average molecular weight is 193 g/mol. The molecule has 0 aliphatic carbocycles. The van der Waals surface area contributed by atoms with Gasteiger partial charge in [0.15, 0.2) is 6.10 Å². The third kappa shape index (κ3) is 2.48. The fourth-order valence-electron chi connectivity index (χ4n) is 1.02. The van der Waals surface area contributed by atoms with E-state index < -0.39 is 18.7 Å². The summed E-state index contributed by atoms with van der Waals surface area (Å²) in [5.41, 5.74) is 0.463. The van der Waals surface area contributed by atoms with Crippen molar-refractivity contribution >= 4 is 0 Å². The number of alkyl halides is 3. The summed E-state index contributed by atoms with van der Waals surface area (Å²) in [5, 5.41) is 8.74. The van der Waals surface area contributed by atoms with E-state index in [0.717, 1.165) is 0 Å². The van der Waals surface area contributed by atoms with Crippen LogP contribution < -0.4 is 0 Å². The van der Waals surface area contributed by atoms with Crippen molar-refractivity contribution in [3.05, 3.63) is 24.0 Å². The Kier molecular flexibility index (Phi) is 2.66. The van der Waals surface area contributed by atoms with Crippen molar-refractivity contribution < 1.29 is 18.3 Å². The van der Waals surface area contributed by atoms with Gasteiger partial charge >= 0.3 is 6.18 Å². The van der Waals surface area contributed by atoms with Crippen molar-refractivity contribution in [1.29, 1.82) is 0 Å². The van der Waals surface area contributed by atoms with Crippen LogP contribution in [0.3, 0.4) is 0 Å². The molecule has 0 bridgehead atoms. The molecule has 1 N–H and O–H groups in total. The predicted molar refractivity (Wildman–Crippen MR) is 41.2 cm³/mol. The Morgan fingerprint density at radius 3 is 2.54 bits per heavy atom. The molecule has 1 aromatic heterocycles. The minimum atomic E-state index is -4.54. The summed E-state index contributed by atoms with van der Waals surface area (Å²) >= 11 is 0. The Morgan fingerprint density at radius 2 is 2.15 bits per heavy atom. The lowest BCUT2D eigenvalue weighted by atomic mass is 10.2. The number of rotatable bonds is 2. The third-order valence-electron chi connectivity index (χ3n) is 1.83. The molecule has 13 heavy (non-hydrogen) atoms. The van der Waals surface area contributed by atoms with Gasteiger partial charge in [-0.1, -0.05) is 0 Å². The monoisotopic (exact) mass is 193 g/mol. The van der Waals surface area contributed by atoms with E-state index in [1.54, 1.807) is 29.9 Å². The van der Waals surface area contributed by atoms with Gasteiger partial charge in [-0.3, -0.25) is 0 Å². The minimum absolute atomic E-state index is 0.396. The van der Waals surface area contributed by atoms with Gasteiger partial charge in [-0.15, -0.1) is 0 Å². The molecule has 0 saturated carbocycles. The maximum atomic E-state index is 11.9. The molecule has 1 heterocycles. The van der Waals surface area contributed by atoms with E-state index in [1.165, 1.54) is 0 Å². The molecule has 74 valence electrons. The zero-order valence-electron chi connectivity index (χ0n) is 7.04. The van der Waals surface area contributed by atoms with Gasteiger partial charge in [-0.2, -0.15) is 13.2 Å². The first-order chi connectivity index (χ1) is 5.91. The first-order valence-electron chi connectivity index (χ1n) is 3.76. The Hall–Kier alpha value is -0.970. The highest BCUT2D eigenvalue weighted by molar-refractivity contribution is 5.08. The van der Waals surface area contributed by atoms with Crippen LogP contribution >= 0.6 is 0 Å². The van der Waals surface area contributed by atoms with Crippen LogP contribution in [0.25, 0.3) is 0 Å². The van der Waals surface area contributed by atoms with Gasteiger partial charge in [0.25, 0.3) is 0 Å². The number of hydrogen-bond donors (Lipinski definition) is 1. The summed E-state index contributed by atoms with van der Waals surface area (Å²) in [7, 11) is 1.64. The second-order valence-electron chi connectivity index (χ2n) is 2.87. The van der Waals surface area contributed by atoms with Crippen LogP contribution in [0.5, 0.6) is 0 Å². The summed E-state index contributed by atoms with van der Waals surface area (Å²) in [4.78, 5) is 0. The van der Waals surface area contributed by atoms with Crippen molar-refractivity contribution in [3.63, 3.8) is 0 Å². The van der Waals surface area contributed by atoms with Crippen molar-refractivity contribution in [1.82, 2.24) is 4.57 Å². The minimum Gasteiger partial charge on any atom is -0.383 e. The molecule has 1 aromatic rings. The first-order valence-corrected chi connectivity index (χ1v) is 3.76. The molecule has 1 rings (SSSR count). The molecular weight excluding hydrogens is 183 g/mol. The number of aromatic nitrogens is 1. The van der Waals surface area contributed by atoms with Crippen LogP contribution in [0.15, 0.2) is 18.3 Å². The zero-order chi connectivity index (χ0) is 10.1. The average Bonchev–Trinajstić information content (AvgIpc) is 2.34. The molecule has 0 aliphatic rings. The highest BCUT2D eigenvalue weighted by atomic mass is 19.4. The maximum absolute atomic E-state index is 11.9. The topological polar surface area (TPSA) is 25.2 Å². The fraction of sp³-hybridized carbons (Fsp3) is 0.500. The Morgan fingerprint density at radius 1 is 1.54 bits per heavy atom. The highest BCUT2D eigenvalue weighted by Gasteiger charge is 2.38. The van der Waals surface area contributed by atoms with E-state index in [0.29, 0.717) is 5.69 Å². The number of halogens is 3. The lowest BCUT2D eigenvalue weighted by Gasteiger charge is -2.14. The van der Waals surface area contributed by atoms with Gasteiger partial charge in [0.05, 0.1) is 0 Å². The summed E-state index contributed by atoms with van der Waals surface area (Å²) in [6, 6.07) is 3.19. The number of nitrogens with zero attached hydrogens (tertiary/aromatic N) is 1. The fourth-order valence-corrected chi connectivity index (χ4v) is 1.02. The van der Waals surface area contributed by atoms with E-state index in [9.17, 15) is 13.2 Å². The molecule has 2 nitrogen and oxygen atoms in total. The molecule has 0 radical (unpaired) electrons. The first kappa shape index (κ1) is 10.1. The summed E-state index contributed by atoms with van der Waals surface area (Å²) in [6.45, 7) is 0. The Labute approximate surface area is 73.6 Å². The van der Waals surface area contributed by atoms with E-state index >= 15 is 0 Å². The molecular formula is C8H10F3NO. The molecule has 0 saturated heterocycles. The van der Waals surface area contributed by atoms with Gasteiger partial charge < -0.3 is 9.67 Å². The number of aryl methyl sites for hydroxylation is 1. The zero-order valence-corrected chi connectivity index (χ0v) is 7.04. The van der Waals surface area contributed by atoms with Gasteiger partial charge in [0.1, 0.15) is 0 Å². The lowest BCUT2D eigenvalue weighted by molar-refractivity contribution is -0.203. The molecule has 5 heteroatoms. The Bertz CT molecular complexity index is 279. The predicted octanol–water partition coefficient (Wildman–Crippen LogP) is 1.49. The van der Waals surface area contributed by atoms with E-state index in [-0.39, 0.29) is 0 Å². The summed E-state index contributed by atoms with van der Waals surface area (Å²) in [6.07, 6.45) is -5.57. The van der Waals surface area contributed by atoms with Gasteiger partial charge in [0.2, 0.25) is 0 Å². The van der Waals surface area contributed by atoms with Gasteiger partial charge in [-0.05, 0) is 12.1 Å². The van der Waals surface area contributed by atoms with Crippen LogP contribution in [-0.2, 0) is 13.5 Å². The maximum Gasteiger partial charge on any atom is 0.414 e. The molecule has 1 atom stereocenters. The number of hydrogen-bond acceptors (Lipinski definition) is 1. The van der Waals surface area contributed by atoms with Crippen LogP contribution in [0, 0.1) is 0 Å². The van der Waals surface area contributed by atoms with Crippen LogP contribution in [0.4, 0.5) is 13.2 Å². The molecule has 0 fully saturated rings. The molecule has 1 unspecified atom stereocenters. The van der Waals surface area contributed by atoms with Crippen molar-refractivity contribution in [2.75, 3.05) is 0 Å². The second-order valence-corrected chi connectivity index (χ2v) is 2.87. The molecule has 0 aliphatic heterocycles. The lowest BCUT2D eigenvalue weighted by Crippen LogP contribution is -2.31.